The second-order valence-electron chi connectivity index (χ2n) is 4.93. The van der Waals surface area contributed by atoms with Gasteiger partial charge in [-0.3, -0.25) is 4.79 Å². The zero-order chi connectivity index (χ0) is 15.3. The van der Waals surface area contributed by atoms with Crippen LogP contribution >= 0.6 is 0 Å². The van der Waals surface area contributed by atoms with E-state index in [0.717, 1.165) is 6.42 Å². The minimum atomic E-state index is -0.173. The molecule has 0 aliphatic rings. The molecular formula is C17H33NO. The molecule has 0 atom stereocenters. The number of carbonyl (C=O) groups excluding carboxylic acids is 1. The third kappa shape index (κ3) is 12.9. The summed E-state index contributed by atoms with van der Waals surface area (Å²) < 4.78 is 0. The molecule has 19 heavy (non-hydrogen) atoms. The molecule has 0 radical (unpaired) electrons. The average Bonchev–Trinajstić information content (AvgIpc) is 2.31. The van der Waals surface area contributed by atoms with Gasteiger partial charge in [0, 0.05) is 13.9 Å². The van der Waals surface area contributed by atoms with E-state index < -0.39 is 0 Å². The summed E-state index contributed by atoms with van der Waals surface area (Å²) in [6, 6.07) is 10.2. The van der Waals surface area contributed by atoms with Gasteiger partial charge < -0.3 is 5.32 Å². The molecule has 0 bridgehead atoms. The molecule has 1 rings (SSSR count). The Labute approximate surface area is 121 Å². The molecule has 0 aliphatic carbocycles. The van der Waals surface area contributed by atoms with E-state index in [1.54, 1.807) is 6.92 Å². The molecule has 112 valence electrons. The molecule has 1 amide bonds. The Bertz CT molecular complexity index is 323. The average molecular weight is 267 g/mol. The number of amides is 1. The summed E-state index contributed by atoms with van der Waals surface area (Å²) >= 11 is 0. The summed E-state index contributed by atoms with van der Waals surface area (Å²) in [7, 11) is 0. The predicted molar refractivity (Wildman–Crippen MR) is 87.5 cm³/mol. The van der Waals surface area contributed by atoms with Crippen LogP contribution in [0.3, 0.4) is 0 Å². The predicted octanol–water partition coefficient (Wildman–Crippen LogP) is 4.83. The van der Waals surface area contributed by atoms with E-state index in [2.05, 4.69) is 31.3 Å². The van der Waals surface area contributed by atoms with Crippen LogP contribution in [0.25, 0.3) is 0 Å². The van der Waals surface area contributed by atoms with E-state index in [1.807, 2.05) is 45.9 Å². The highest BCUT2D eigenvalue weighted by atomic mass is 16.1. The fraction of sp³-hybridized carbons (Fsp3) is 0.588. The van der Waals surface area contributed by atoms with Gasteiger partial charge in [0.15, 0.2) is 0 Å². The topological polar surface area (TPSA) is 29.1 Å². The second kappa shape index (κ2) is 11.8. The molecule has 0 spiro atoms. The zero-order valence-corrected chi connectivity index (χ0v) is 13.7. The van der Waals surface area contributed by atoms with E-state index in [0.29, 0.717) is 0 Å². The fourth-order valence-corrected chi connectivity index (χ4v) is 1.63. The molecule has 0 heterocycles. The normalized spacial score (nSPS) is 9.42. The Morgan fingerprint density at radius 3 is 1.95 bits per heavy atom. The van der Waals surface area contributed by atoms with E-state index in [9.17, 15) is 4.79 Å². The summed E-state index contributed by atoms with van der Waals surface area (Å²) in [6.07, 6.45) is 2.10. The smallest absolute Gasteiger partial charge is 0.217 e. The zero-order valence-electron chi connectivity index (χ0n) is 13.7. The van der Waals surface area contributed by atoms with Gasteiger partial charge in [-0.15, -0.1) is 0 Å². The van der Waals surface area contributed by atoms with Crippen LogP contribution in [-0.2, 0) is 11.2 Å². The van der Waals surface area contributed by atoms with Crippen molar-refractivity contribution in [2.24, 2.45) is 0 Å². The van der Waals surface area contributed by atoms with E-state index in [-0.39, 0.29) is 12.9 Å². The highest BCUT2D eigenvalue weighted by molar-refractivity contribution is 5.73. The first-order chi connectivity index (χ1) is 8.91. The van der Waals surface area contributed by atoms with Crippen LogP contribution in [0.5, 0.6) is 0 Å². The van der Waals surface area contributed by atoms with Crippen molar-refractivity contribution in [3.8, 4) is 0 Å². The number of carbonyl (C=O) groups is 1. The third-order valence-electron chi connectivity index (χ3n) is 2.00. The van der Waals surface area contributed by atoms with Crippen LogP contribution in [0.1, 0.15) is 61.9 Å². The van der Waals surface area contributed by atoms with Gasteiger partial charge in [0.2, 0.25) is 5.91 Å². The van der Waals surface area contributed by atoms with Gasteiger partial charge in [0.25, 0.3) is 0 Å². The van der Waals surface area contributed by atoms with Crippen molar-refractivity contribution >= 4 is 5.91 Å². The summed E-state index contributed by atoms with van der Waals surface area (Å²) in [5, 5.41) is 2.93. The SMILES string of the molecule is CC.CC(=O)NC(C)(C)Cc1ccccc1.CCC.[HH]. The quantitative estimate of drug-likeness (QED) is 0.834. The van der Waals surface area contributed by atoms with Crippen molar-refractivity contribution < 1.29 is 6.22 Å². The lowest BCUT2D eigenvalue weighted by atomic mass is 9.95. The minimum Gasteiger partial charge on any atom is -0.351 e. The monoisotopic (exact) mass is 267 g/mol. The first-order valence-electron chi connectivity index (χ1n) is 7.24. The molecule has 2 heteroatoms. The molecule has 0 saturated heterocycles. The van der Waals surface area contributed by atoms with Crippen molar-refractivity contribution in [3.05, 3.63) is 35.9 Å². The first-order valence-corrected chi connectivity index (χ1v) is 7.24. The Hall–Kier alpha value is -1.31. The molecule has 1 aromatic rings. The number of rotatable bonds is 3. The third-order valence-corrected chi connectivity index (χ3v) is 2.00. The molecule has 0 saturated carbocycles. The summed E-state index contributed by atoms with van der Waals surface area (Å²) in [5.41, 5.74) is 1.07. The number of hydrogen-bond donors (Lipinski definition) is 1. The van der Waals surface area contributed by atoms with Gasteiger partial charge in [0.05, 0.1) is 0 Å². The van der Waals surface area contributed by atoms with Gasteiger partial charge >= 0.3 is 0 Å². The Kier molecular flexibility index (Phi) is 12.4. The highest BCUT2D eigenvalue weighted by Crippen LogP contribution is 2.11. The largest absolute Gasteiger partial charge is 0.351 e. The van der Waals surface area contributed by atoms with Gasteiger partial charge in [0.1, 0.15) is 0 Å². The van der Waals surface area contributed by atoms with Crippen molar-refractivity contribution in [1.82, 2.24) is 5.32 Å². The van der Waals surface area contributed by atoms with Crippen LogP contribution in [0.15, 0.2) is 30.3 Å². The lowest BCUT2D eigenvalue weighted by Crippen LogP contribution is -2.43. The highest BCUT2D eigenvalue weighted by Gasteiger charge is 2.18. The van der Waals surface area contributed by atoms with Crippen LogP contribution < -0.4 is 5.32 Å². The molecule has 1 aromatic carbocycles. The van der Waals surface area contributed by atoms with Crippen LogP contribution in [-0.4, -0.2) is 11.4 Å². The van der Waals surface area contributed by atoms with Crippen LogP contribution in [0, 0.1) is 0 Å². The van der Waals surface area contributed by atoms with Crippen LogP contribution in [0.2, 0.25) is 0 Å². The fourth-order valence-electron chi connectivity index (χ4n) is 1.63. The maximum absolute atomic E-state index is 10.9. The maximum atomic E-state index is 10.9. The van der Waals surface area contributed by atoms with Crippen molar-refractivity contribution in [3.63, 3.8) is 0 Å². The Balaban J connectivity index is -0.000000426. The van der Waals surface area contributed by atoms with Crippen molar-refractivity contribution in [1.29, 1.82) is 0 Å². The number of hydrogen-bond acceptors (Lipinski definition) is 1. The van der Waals surface area contributed by atoms with Crippen molar-refractivity contribution in [2.45, 2.75) is 66.8 Å². The molecule has 1 N–H and O–H groups in total. The summed E-state index contributed by atoms with van der Waals surface area (Å²) in [6.45, 7) is 13.9. The van der Waals surface area contributed by atoms with Crippen molar-refractivity contribution in [2.75, 3.05) is 0 Å². The Morgan fingerprint density at radius 1 is 1.16 bits per heavy atom. The molecule has 0 aromatic heterocycles. The minimum absolute atomic E-state index is 0. The van der Waals surface area contributed by atoms with Gasteiger partial charge in [-0.25, -0.2) is 0 Å². The Morgan fingerprint density at radius 2 is 1.58 bits per heavy atom. The number of nitrogens with one attached hydrogen (secondary N) is 1. The van der Waals surface area contributed by atoms with Gasteiger partial charge in [-0.2, -0.15) is 0 Å². The summed E-state index contributed by atoms with van der Waals surface area (Å²) in [5.74, 6) is 0.0194. The van der Waals surface area contributed by atoms with E-state index >= 15 is 0 Å². The number of benzene rings is 1. The van der Waals surface area contributed by atoms with Gasteiger partial charge in [-0.1, -0.05) is 64.4 Å². The standard InChI is InChI=1S/C12H17NO.C3H8.C2H6.H2/c1-10(14)13-12(2,3)9-11-7-5-4-6-8-11;1-3-2;1-2;/h4-8H,9H2,1-3H3,(H,13,14);3H2,1-2H3;1-2H3;1H. The molecule has 0 unspecified atom stereocenters. The first kappa shape index (κ1) is 20.0. The maximum Gasteiger partial charge on any atom is 0.217 e. The van der Waals surface area contributed by atoms with E-state index in [4.69, 9.17) is 0 Å². The van der Waals surface area contributed by atoms with Crippen LogP contribution in [0.4, 0.5) is 0 Å². The van der Waals surface area contributed by atoms with E-state index in [1.165, 1.54) is 12.0 Å². The molecular weight excluding hydrogens is 234 g/mol. The molecule has 2 nitrogen and oxygen atoms in total. The second-order valence-corrected chi connectivity index (χ2v) is 4.93. The lowest BCUT2D eigenvalue weighted by molar-refractivity contribution is -0.120. The molecule has 0 fully saturated rings. The lowest BCUT2D eigenvalue weighted by Gasteiger charge is -2.25. The summed E-state index contributed by atoms with van der Waals surface area (Å²) in [4.78, 5) is 10.9. The molecule has 0 aliphatic heterocycles. The van der Waals surface area contributed by atoms with Gasteiger partial charge in [-0.05, 0) is 25.8 Å².